The van der Waals surface area contributed by atoms with Crippen LogP contribution in [-0.4, -0.2) is 54.1 Å². The van der Waals surface area contributed by atoms with Gasteiger partial charge in [-0.1, -0.05) is 60.1 Å². The van der Waals surface area contributed by atoms with Gasteiger partial charge in [0.2, 0.25) is 0 Å². The summed E-state index contributed by atoms with van der Waals surface area (Å²) in [5.41, 5.74) is 6.67. The summed E-state index contributed by atoms with van der Waals surface area (Å²) in [6.07, 6.45) is 5.33. The Balaban J connectivity index is 0.00000189. The average Bonchev–Trinajstić information content (AvgIpc) is 3.43. The molecule has 2 aromatic rings. The summed E-state index contributed by atoms with van der Waals surface area (Å²) in [5.74, 6) is 1.11. The molecule has 0 spiro atoms. The minimum absolute atomic E-state index is 0.149. The van der Waals surface area contributed by atoms with Crippen LogP contribution in [0.2, 0.25) is 5.02 Å². The Morgan fingerprint density at radius 2 is 1.95 bits per heavy atom. The highest BCUT2D eigenvalue weighted by molar-refractivity contribution is 6.37. The van der Waals surface area contributed by atoms with Crippen LogP contribution in [0.1, 0.15) is 50.3 Å². The molecule has 5 rings (SSSR count). The first-order chi connectivity index (χ1) is 19.9. The molecule has 1 amide bonds. The van der Waals surface area contributed by atoms with E-state index >= 15 is 0 Å². The molecule has 1 fully saturated rings. The number of nitrogens with zero attached hydrogens (tertiary/aromatic N) is 3. The van der Waals surface area contributed by atoms with Crippen molar-refractivity contribution in [1.82, 2.24) is 15.7 Å². The highest BCUT2D eigenvalue weighted by Gasteiger charge is 2.32. The number of halogens is 1. The van der Waals surface area contributed by atoms with E-state index < -0.39 is 0 Å². The van der Waals surface area contributed by atoms with Gasteiger partial charge < -0.3 is 4.74 Å². The second-order valence-electron chi connectivity index (χ2n) is 9.85. The average molecular weight is 576 g/mol. The number of hydroxylamine groups is 1. The number of ether oxygens (including phenoxy) is 1. The molecule has 3 heterocycles. The molecule has 1 saturated heterocycles. The summed E-state index contributed by atoms with van der Waals surface area (Å²) in [5, 5.41) is 4.06. The van der Waals surface area contributed by atoms with E-state index in [0.717, 1.165) is 42.8 Å². The molecule has 0 saturated carbocycles. The fourth-order valence-corrected chi connectivity index (χ4v) is 5.24. The topological polar surface area (TPSA) is 87.5 Å². The van der Waals surface area contributed by atoms with Crippen LogP contribution in [0.5, 0.6) is 0 Å². The SMILES string of the molecule is C/C=C1/C=C(c2ccc(C3=NC(C)ON3)cc2Cl)C(=O)N(Cc2ccccc2)/C1=N/C(C)NC1CCOCC1.C=C. The lowest BCUT2D eigenvalue weighted by molar-refractivity contribution is -0.122. The van der Waals surface area contributed by atoms with Crippen LogP contribution in [0, 0.1) is 0 Å². The number of hydrogen-bond acceptors (Lipinski definition) is 7. The molecule has 2 unspecified atom stereocenters. The molecule has 0 bridgehead atoms. The van der Waals surface area contributed by atoms with Gasteiger partial charge in [-0.2, -0.15) is 0 Å². The lowest BCUT2D eigenvalue weighted by atomic mass is 9.95. The second-order valence-corrected chi connectivity index (χ2v) is 10.3. The normalized spacial score (nSPS) is 22.1. The molecular weight excluding hydrogens is 538 g/mol. The van der Waals surface area contributed by atoms with Gasteiger partial charge in [0.1, 0.15) is 5.84 Å². The zero-order chi connectivity index (χ0) is 29.4. The van der Waals surface area contributed by atoms with Crippen molar-refractivity contribution in [1.29, 1.82) is 0 Å². The fraction of sp³-hybridized carbons (Fsp3) is 0.344. The Bertz CT molecular complexity index is 1350. The van der Waals surface area contributed by atoms with E-state index in [4.69, 9.17) is 26.2 Å². The van der Waals surface area contributed by atoms with Gasteiger partial charge in [0, 0.05) is 46.6 Å². The monoisotopic (exact) mass is 575 g/mol. The molecule has 2 N–H and O–H groups in total. The molecule has 0 aliphatic carbocycles. The minimum atomic E-state index is -0.272. The summed E-state index contributed by atoms with van der Waals surface area (Å²) in [6, 6.07) is 15.8. The summed E-state index contributed by atoms with van der Waals surface area (Å²) in [6.45, 7) is 13.7. The third-order valence-corrected chi connectivity index (χ3v) is 7.28. The van der Waals surface area contributed by atoms with Crippen LogP contribution < -0.4 is 10.8 Å². The molecule has 2 aromatic carbocycles. The number of amides is 1. The standard InChI is InChI=1S/C30H34ClN5O3.C2H4/c1-4-22-16-26(25-11-10-23(17-27(25)31)28-34-20(3)39-35-28)30(37)36(18-21-8-6-5-7-9-21)29(22)33-19(2)32-24-12-14-38-15-13-24;1-2/h4-11,16-17,19-20,24,32H,12-15,18H2,1-3H3,(H,34,35);1-2H2/b22-4-,33-29+;. The summed E-state index contributed by atoms with van der Waals surface area (Å²) in [4.78, 5) is 30.6. The third-order valence-electron chi connectivity index (χ3n) is 6.97. The Morgan fingerprint density at radius 3 is 2.59 bits per heavy atom. The summed E-state index contributed by atoms with van der Waals surface area (Å²) < 4.78 is 5.49. The molecule has 0 radical (unpaired) electrons. The van der Waals surface area contributed by atoms with Gasteiger partial charge in [0.15, 0.2) is 12.1 Å². The van der Waals surface area contributed by atoms with Crippen molar-refractivity contribution in [2.45, 2.75) is 58.6 Å². The Kier molecular flexibility index (Phi) is 10.7. The van der Waals surface area contributed by atoms with E-state index in [1.165, 1.54) is 0 Å². The van der Waals surface area contributed by atoms with Crippen molar-refractivity contribution in [3.05, 3.63) is 101 Å². The van der Waals surface area contributed by atoms with Crippen LogP contribution in [0.15, 0.2) is 89.4 Å². The van der Waals surface area contributed by atoms with Gasteiger partial charge in [-0.3, -0.25) is 15.0 Å². The molecule has 3 aliphatic rings. The van der Waals surface area contributed by atoms with Crippen molar-refractivity contribution < 1.29 is 14.4 Å². The zero-order valence-corrected chi connectivity index (χ0v) is 24.7. The number of allylic oxidation sites excluding steroid dienone is 1. The van der Waals surface area contributed by atoms with Gasteiger partial charge in [0.25, 0.3) is 5.91 Å². The van der Waals surface area contributed by atoms with Crippen molar-refractivity contribution in [3.8, 4) is 0 Å². The maximum absolute atomic E-state index is 14.1. The molecule has 0 aromatic heterocycles. The number of nitrogens with one attached hydrogen (secondary N) is 2. The molecular formula is C32H38ClN5O3. The van der Waals surface area contributed by atoms with E-state index in [1.54, 1.807) is 11.0 Å². The number of aliphatic imine (C=N–C) groups is 2. The smallest absolute Gasteiger partial charge is 0.260 e. The molecule has 3 aliphatic heterocycles. The maximum atomic E-state index is 14.1. The van der Waals surface area contributed by atoms with Gasteiger partial charge in [0.05, 0.1) is 12.7 Å². The molecule has 9 heteroatoms. The summed E-state index contributed by atoms with van der Waals surface area (Å²) >= 11 is 6.77. The number of carbonyl (C=O) groups is 1. The van der Waals surface area contributed by atoms with Crippen molar-refractivity contribution in [2.24, 2.45) is 9.98 Å². The number of rotatable bonds is 7. The highest BCUT2D eigenvalue weighted by atomic mass is 35.5. The number of hydrogen-bond donors (Lipinski definition) is 2. The van der Waals surface area contributed by atoms with E-state index in [-0.39, 0.29) is 18.3 Å². The van der Waals surface area contributed by atoms with Crippen molar-refractivity contribution in [2.75, 3.05) is 13.2 Å². The van der Waals surface area contributed by atoms with Crippen LogP contribution in [-0.2, 0) is 20.9 Å². The van der Waals surface area contributed by atoms with E-state index in [2.05, 4.69) is 28.9 Å². The first-order valence-corrected chi connectivity index (χ1v) is 14.3. The van der Waals surface area contributed by atoms with Crippen LogP contribution >= 0.6 is 11.6 Å². The first-order valence-electron chi connectivity index (χ1n) is 13.9. The van der Waals surface area contributed by atoms with E-state index in [9.17, 15) is 4.79 Å². The van der Waals surface area contributed by atoms with Gasteiger partial charge >= 0.3 is 0 Å². The number of carbonyl (C=O) groups excluding carboxylic acids is 1. The number of benzene rings is 2. The van der Waals surface area contributed by atoms with E-state index in [0.29, 0.717) is 40.4 Å². The van der Waals surface area contributed by atoms with Gasteiger partial charge in [-0.05, 0) is 51.3 Å². The third kappa shape index (κ3) is 7.40. The lowest BCUT2D eigenvalue weighted by Crippen LogP contribution is -2.44. The zero-order valence-electron chi connectivity index (χ0n) is 23.9. The molecule has 216 valence electrons. The number of amidine groups is 2. The molecule has 41 heavy (non-hydrogen) atoms. The predicted molar refractivity (Wildman–Crippen MR) is 166 cm³/mol. The molecule has 2 atom stereocenters. The Hall–Kier alpha value is -3.56. The molecule has 8 nitrogen and oxygen atoms in total. The maximum Gasteiger partial charge on any atom is 0.260 e. The Morgan fingerprint density at radius 1 is 1.22 bits per heavy atom. The predicted octanol–water partition coefficient (Wildman–Crippen LogP) is 5.65. The Labute approximate surface area is 247 Å². The highest BCUT2D eigenvalue weighted by Crippen LogP contribution is 2.33. The largest absolute Gasteiger partial charge is 0.381 e. The van der Waals surface area contributed by atoms with Gasteiger partial charge in [-0.25, -0.2) is 20.3 Å². The minimum Gasteiger partial charge on any atom is -0.381 e. The van der Waals surface area contributed by atoms with Crippen molar-refractivity contribution >= 4 is 34.8 Å². The fourth-order valence-electron chi connectivity index (χ4n) is 4.96. The van der Waals surface area contributed by atoms with Crippen LogP contribution in [0.4, 0.5) is 0 Å². The van der Waals surface area contributed by atoms with Crippen LogP contribution in [0.3, 0.4) is 0 Å². The summed E-state index contributed by atoms with van der Waals surface area (Å²) in [7, 11) is 0. The first kappa shape index (κ1) is 30.4. The van der Waals surface area contributed by atoms with Crippen molar-refractivity contribution in [3.63, 3.8) is 0 Å². The second kappa shape index (κ2) is 14.4. The van der Waals surface area contributed by atoms with Crippen LogP contribution in [0.25, 0.3) is 5.57 Å². The lowest BCUT2D eigenvalue weighted by Gasteiger charge is -2.32. The quantitative estimate of drug-likeness (QED) is 0.416. The van der Waals surface area contributed by atoms with Gasteiger partial charge in [-0.15, -0.1) is 13.2 Å². The van der Waals surface area contributed by atoms with E-state index in [1.807, 2.05) is 75.4 Å².